The summed E-state index contributed by atoms with van der Waals surface area (Å²) in [5.74, 6) is -1.49. The monoisotopic (exact) mass is 380 g/mol. The van der Waals surface area contributed by atoms with Gasteiger partial charge in [0.05, 0.1) is 13.1 Å². The summed E-state index contributed by atoms with van der Waals surface area (Å²) in [5, 5.41) is 4.40. The number of rotatable bonds is 4. The van der Waals surface area contributed by atoms with Crippen LogP contribution >= 0.6 is 11.6 Å². The third-order valence-electron chi connectivity index (χ3n) is 4.62. The van der Waals surface area contributed by atoms with Gasteiger partial charge in [-0.25, -0.2) is 18.7 Å². The predicted octanol–water partition coefficient (Wildman–Crippen LogP) is 3.24. The topological polar surface area (TPSA) is 47.5 Å². The van der Waals surface area contributed by atoms with Crippen molar-refractivity contribution in [2.75, 3.05) is 34.6 Å². The number of halogens is 3. The van der Waals surface area contributed by atoms with Gasteiger partial charge in [-0.3, -0.25) is 10.0 Å². The number of hydrogen-bond donors (Lipinski definition) is 1. The molecule has 1 fully saturated rings. The standard InChI is InChI=1S/C17H19ClF2N6/c1-2-25-14-15(24-8-7-17(19,20)10-24)21-11-22-16(14)26(23-25)9-12-5-3-4-6-13(12)18/h3-6,11,23H,2,7-10H2,1H3. The van der Waals surface area contributed by atoms with Crippen LogP contribution in [-0.2, 0) is 6.54 Å². The molecule has 3 heterocycles. The molecule has 4 rings (SSSR count). The molecule has 2 aliphatic rings. The molecule has 138 valence electrons. The van der Waals surface area contributed by atoms with E-state index in [1.807, 2.05) is 41.2 Å². The molecule has 9 heteroatoms. The van der Waals surface area contributed by atoms with Crippen LogP contribution in [-0.4, -0.2) is 35.5 Å². The maximum absolute atomic E-state index is 13.7. The van der Waals surface area contributed by atoms with Crippen molar-refractivity contribution in [3.63, 3.8) is 0 Å². The van der Waals surface area contributed by atoms with Crippen molar-refractivity contribution in [2.45, 2.75) is 25.8 Å². The van der Waals surface area contributed by atoms with Crippen LogP contribution in [0.4, 0.5) is 26.1 Å². The maximum Gasteiger partial charge on any atom is 0.266 e. The number of fused-ring (bicyclic) bond motifs is 1. The van der Waals surface area contributed by atoms with Crippen molar-refractivity contribution in [3.8, 4) is 0 Å². The van der Waals surface area contributed by atoms with Crippen molar-refractivity contribution in [3.05, 3.63) is 41.2 Å². The van der Waals surface area contributed by atoms with Gasteiger partial charge in [0.1, 0.15) is 12.0 Å². The average Bonchev–Trinajstić information content (AvgIpc) is 3.17. The van der Waals surface area contributed by atoms with Gasteiger partial charge in [0.2, 0.25) is 0 Å². The minimum Gasteiger partial charge on any atom is -0.348 e. The number of hydrogen-bond acceptors (Lipinski definition) is 6. The van der Waals surface area contributed by atoms with E-state index >= 15 is 0 Å². The molecular weight excluding hydrogens is 362 g/mol. The first-order valence-corrected chi connectivity index (χ1v) is 8.89. The van der Waals surface area contributed by atoms with Gasteiger partial charge in [-0.15, -0.1) is 5.53 Å². The van der Waals surface area contributed by atoms with E-state index in [9.17, 15) is 8.78 Å². The minimum atomic E-state index is -2.68. The summed E-state index contributed by atoms with van der Waals surface area (Å²) < 4.78 is 27.4. The number of nitrogens with one attached hydrogen (secondary N) is 1. The van der Waals surface area contributed by atoms with Gasteiger partial charge < -0.3 is 4.90 Å². The Labute approximate surface area is 155 Å². The summed E-state index contributed by atoms with van der Waals surface area (Å²) in [7, 11) is 0. The average molecular weight is 381 g/mol. The number of anilines is 3. The van der Waals surface area contributed by atoms with Crippen LogP contribution in [0.25, 0.3) is 0 Å². The number of aromatic nitrogens is 2. The molecular formula is C17H19ClF2N6. The number of nitrogens with zero attached hydrogens (tertiary/aromatic N) is 5. The molecule has 1 saturated heterocycles. The minimum absolute atomic E-state index is 0.158. The Hall–Kier alpha value is -2.19. The van der Waals surface area contributed by atoms with Crippen molar-refractivity contribution < 1.29 is 8.78 Å². The second-order valence-corrected chi connectivity index (χ2v) is 6.83. The highest BCUT2D eigenvalue weighted by molar-refractivity contribution is 6.31. The Kier molecular flexibility index (Phi) is 4.32. The Morgan fingerprint density at radius 2 is 1.96 bits per heavy atom. The Morgan fingerprint density at radius 1 is 1.19 bits per heavy atom. The molecule has 0 unspecified atom stereocenters. The van der Waals surface area contributed by atoms with Crippen molar-refractivity contribution >= 4 is 28.9 Å². The summed E-state index contributed by atoms with van der Waals surface area (Å²) in [4.78, 5) is 10.3. The van der Waals surface area contributed by atoms with E-state index in [0.29, 0.717) is 29.7 Å². The van der Waals surface area contributed by atoms with Gasteiger partial charge in [-0.05, 0) is 18.6 Å². The fourth-order valence-electron chi connectivity index (χ4n) is 3.33. The van der Waals surface area contributed by atoms with E-state index in [-0.39, 0.29) is 19.5 Å². The lowest BCUT2D eigenvalue weighted by Gasteiger charge is -2.23. The summed E-state index contributed by atoms with van der Waals surface area (Å²) >= 11 is 6.27. The first-order valence-electron chi connectivity index (χ1n) is 8.51. The second-order valence-electron chi connectivity index (χ2n) is 6.42. The number of benzene rings is 1. The van der Waals surface area contributed by atoms with Gasteiger partial charge >= 0.3 is 0 Å². The summed E-state index contributed by atoms with van der Waals surface area (Å²) in [6.07, 6.45) is 1.26. The van der Waals surface area contributed by atoms with E-state index in [0.717, 1.165) is 11.3 Å². The predicted molar refractivity (Wildman–Crippen MR) is 97.6 cm³/mol. The lowest BCUT2D eigenvalue weighted by atomic mass is 10.2. The highest BCUT2D eigenvalue weighted by Crippen LogP contribution is 2.41. The molecule has 0 saturated carbocycles. The molecule has 6 nitrogen and oxygen atoms in total. The summed E-state index contributed by atoms with van der Waals surface area (Å²) in [6.45, 7) is 3.06. The Morgan fingerprint density at radius 3 is 2.65 bits per heavy atom. The van der Waals surface area contributed by atoms with Crippen LogP contribution in [0.15, 0.2) is 30.6 Å². The van der Waals surface area contributed by atoms with Crippen molar-refractivity contribution in [1.82, 2.24) is 15.5 Å². The molecule has 0 radical (unpaired) electrons. The molecule has 0 atom stereocenters. The number of alkyl halides is 2. The van der Waals surface area contributed by atoms with Crippen LogP contribution in [0.2, 0.25) is 5.02 Å². The van der Waals surface area contributed by atoms with E-state index < -0.39 is 5.92 Å². The lowest BCUT2D eigenvalue weighted by Crippen LogP contribution is -2.44. The van der Waals surface area contributed by atoms with E-state index in [4.69, 9.17) is 11.6 Å². The Balaban J connectivity index is 1.68. The highest BCUT2D eigenvalue weighted by atomic mass is 35.5. The quantitative estimate of drug-likeness (QED) is 0.878. The van der Waals surface area contributed by atoms with Gasteiger partial charge in [-0.2, -0.15) is 0 Å². The zero-order valence-corrected chi connectivity index (χ0v) is 15.0. The lowest BCUT2D eigenvalue weighted by molar-refractivity contribution is 0.0257. The van der Waals surface area contributed by atoms with Gasteiger partial charge in [0, 0.05) is 24.5 Å². The smallest absolute Gasteiger partial charge is 0.266 e. The van der Waals surface area contributed by atoms with Crippen LogP contribution in [0.1, 0.15) is 18.9 Å². The van der Waals surface area contributed by atoms with Gasteiger partial charge in [0.25, 0.3) is 5.92 Å². The molecule has 2 aliphatic heterocycles. The van der Waals surface area contributed by atoms with E-state index in [1.165, 1.54) is 6.33 Å². The third kappa shape index (κ3) is 3.03. The fourth-order valence-corrected chi connectivity index (χ4v) is 3.52. The molecule has 1 N–H and O–H groups in total. The highest BCUT2D eigenvalue weighted by Gasteiger charge is 2.41. The van der Waals surface area contributed by atoms with Crippen molar-refractivity contribution in [2.24, 2.45) is 0 Å². The van der Waals surface area contributed by atoms with Crippen LogP contribution in [0.3, 0.4) is 0 Å². The second kappa shape index (κ2) is 6.51. The summed E-state index contributed by atoms with van der Waals surface area (Å²) in [6, 6.07) is 7.58. The van der Waals surface area contributed by atoms with Crippen LogP contribution < -0.4 is 20.5 Å². The van der Waals surface area contributed by atoms with Gasteiger partial charge in [0.15, 0.2) is 11.6 Å². The molecule has 1 aromatic carbocycles. The number of hydrazine groups is 2. The van der Waals surface area contributed by atoms with Crippen molar-refractivity contribution in [1.29, 1.82) is 0 Å². The molecule has 0 aliphatic carbocycles. The fraction of sp³-hybridized carbons (Fsp3) is 0.412. The largest absolute Gasteiger partial charge is 0.348 e. The Bertz CT molecular complexity index is 818. The molecule has 0 bridgehead atoms. The van der Waals surface area contributed by atoms with Gasteiger partial charge in [-0.1, -0.05) is 29.8 Å². The normalized spacial score (nSPS) is 18.5. The molecule has 0 spiro atoms. The molecule has 2 aromatic rings. The van der Waals surface area contributed by atoms with E-state index in [2.05, 4.69) is 15.5 Å². The van der Waals surface area contributed by atoms with Crippen LogP contribution in [0, 0.1) is 0 Å². The first kappa shape index (κ1) is 17.2. The maximum atomic E-state index is 13.7. The zero-order valence-electron chi connectivity index (χ0n) is 14.3. The molecule has 0 amide bonds. The SMILES string of the molecule is CCN1NN(Cc2ccccc2Cl)c2ncnc(N3CCC(F)(F)C3)c21. The third-order valence-corrected chi connectivity index (χ3v) is 4.99. The van der Waals surface area contributed by atoms with E-state index in [1.54, 1.807) is 4.90 Å². The zero-order chi connectivity index (χ0) is 18.3. The molecule has 1 aromatic heterocycles. The van der Waals surface area contributed by atoms with Crippen LogP contribution in [0.5, 0.6) is 0 Å². The first-order chi connectivity index (χ1) is 12.5. The molecule has 26 heavy (non-hydrogen) atoms. The summed E-state index contributed by atoms with van der Waals surface area (Å²) in [5.41, 5.74) is 4.92.